The van der Waals surface area contributed by atoms with Crippen molar-refractivity contribution in [3.8, 4) is 11.5 Å². The van der Waals surface area contributed by atoms with Gasteiger partial charge in [-0.3, -0.25) is 4.57 Å². The predicted molar refractivity (Wildman–Crippen MR) is 90.7 cm³/mol. The monoisotopic (exact) mass is 325 g/mol. The van der Waals surface area contributed by atoms with E-state index in [2.05, 4.69) is 10.2 Å². The fourth-order valence-electron chi connectivity index (χ4n) is 2.59. The molecule has 1 heterocycles. The smallest absolute Gasteiger partial charge is 0.343 e. The van der Waals surface area contributed by atoms with E-state index in [-0.39, 0.29) is 5.69 Å². The van der Waals surface area contributed by atoms with Gasteiger partial charge < -0.3 is 9.47 Å². The van der Waals surface area contributed by atoms with Gasteiger partial charge in [0, 0.05) is 6.42 Å². The Bertz CT molecular complexity index is 869. The van der Waals surface area contributed by atoms with Gasteiger partial charge in [-0.1, -0.05) is 36.4 Å². The Kier molecular flexibility index (Phi) is 4.65. The third kappa shape index (κ3) is 3.32. The van der Waals surface area contributed by atoms with E-state index >= 15 is 0 Å². The second-order valence-electron chi connectivity index (χ2n) is 5.38. The number of methoxy groups -OCH3 is 2. The summed E-state index contributed by atoms with van der Waals surface area (Å²) < 4.78 is 12.2. The first-order valence-corrected chi connectivity index (χ1v) is 7.60. The van der Waals surface area contributed by atoms with Crippen LogP contribution in [0.3, 0.4) is 0 Å². The number of hydrogen-bond acceptors (Lipinski definition) is 4. The second kappa shape index (κ2) is 7.04. The van der Waals surface area contributed by atoms with Crippen molar-refractivity contribution in [1.29, 1.82) is 0 Å². The van der Waals surface area contributed by atoms with Crippen molar-refractivity contribution in [3.63, 3.8) is 0 Å². The molecule has 24 heavy (non-hydrogen) atoms. The van der Waals surface area contributed by atoms with Crippen LogP contribution in [0.1, 0.15) is 17.0 Å². The van der Waals surface area contributed by atoms with Crippen LogP contribution in [0.4, 0.5) is 0 Å². The fourth-order valence-corrected chi connectivity index (χ4v) is 2.59. The van der Waals surface area contributed by atoms with Crippen molar-refractivity contribution < 1.29 is 9.47 Å². The lowest BCUT2D eigenvalue weighted by Gasteiger charge is -2.10. The van der Waals surface area contributed by atoms with E-state index in [1.165, 1.54) is 0 Å². The minimum atomic E-state index is -0.214. The van der Waals surface area contributed by atoms with Gasteiger partial charge in [-0.05, 0) is 23.3 Å². The summed E-state index contributed by atoms with van der Waals surface area (Å²) in [5.74, 6) is 2.00. The maximum Gasteiger partial charge on any atom is 0.343 e. The lowest BCUT2D eigenvalue weighted by molar-refractivity contribution is 0.354. The van der Waals surface area contributed by atoms with Gasteiger partial charge in [0.25, 0.3) is 0 Å². The molecule has 1 aromatic heterocycles. The van der Waals surface area contributed by atoms with E-state index in [1.54, 1.807) is 18.8 Å². The molecular weight excluding hydrogens is 306 g/mol. The molecule has 0 amide bonds. The summed E-state index contributed by atoms with van der Waals surface area (Å²) in [6, 6.07) is 15.5. The molecule has 0 saturated heterocycles. The highest BCUT2D eigenvalue weighted by atomic mass is 16.5. The fraction of sp³-hybridized carbons (Fsp3) is 0.222. The molecule has 0 aliphatic heterocycles. The lowest BCUT2D eigenvalue weighted by atomic mass is 10.1. The van der Waals surface area contributed by atoms with Gasteiger partial charge in [0.05, 0.1) is 20.8 Å². The van der Waals surface area contributed by atoms with E-state index in [1.807, 2.05) is 48.5 Å². The molecular formula is C18H19N3O3. The summed E-state index contributed by atoms with van der Waals surface area (Å²) in [7, 11) is 3.20. The van der Waals surface area contributed by atoms with E-state index in [0.29, 0.717) is 30.3 Å². The van der Waals surface area contributed by atoms with Gasteiger partial charge in [-0.25, -0.2) is 9.89 Å². The van der Waals surface area contributed by atoms with Crippen LogP contribution in [-0.4, -0.2) is 29.0 Å². The molecule has 0 spiro atoms. The van der Waals surface area contributed by atoms with Crippen molar-refractivity contribution in [2.24, 2.45) is 0 Å². The summed E-state index contributed by atoms with van der Waals surface area (Å²) in [6.45, 7) is 0.485. The molecule has 6 nitrogen and oxygen atoms in total. The van der Waals surface area contributed by atoms with E-state index < -0.39 is 0 Å². The van der Waals surface area contributed by atoms with E-state index in [0.717, 1.165) is 11.1 Å². The summed E-state index contributed by atoms with van der Waals surface area (Å²) >= 11 is 0. The highest BCUT2D eigenvalue weighted by Gasteiger charge is 2.11. The highest BCUT2D eigenvalue weighted by Crippen LogP contribution is 2.28. The number of hydrogen-bond donors (Lipinski definition) is 1. The van der Waals surface area contributed by atoms with Crippen LogP contribution in [0, 0.1) is 0 Å². The quantitative estimate of drug-likeness (QED) is 0.754. The summed E-state index contributed by atoms with van der Waals surface area (Å²) in [4.78, 5) is 12.1. The lowest BCUT2D eigenvalue weighted by Crippen LogP contribution is -2.19. The van der Waals surface area contributed by atoms with Crippen molar-refractivity contribution in [2.45, 2.75) is 13.0 Å². The molecule has 0 fully saturated rings. The number of aromatic nitrogens is 3. The maximum absolute atomic E-state index is 12.1. The summed E-state index contributed by atoms with van der Waals surface area (Å²) in [5.41, 5.74) is 1.82. The third-order valence-electron chi connectivity index (χ3n) is 3.83. The zero-order valence-corrected chi connectivity index (χ0v) is 13.7. The van der Waals surface area contributed by atoms with Gasteiger partial charge in [-0.2, -0.15) is 5.10 Å². The Balaban J connectivity index is 1.87. The molecule has 6 heteroatoms. The molecule has 0 atom stereocenters. The molecule has 1 N–H and O–H groups in total. The Hall–Kier alpha value is -3.02. The average Bonchev–Trinajstić information content (AvgIpc) is 2.96. The number of aromatic amines is 1. The van der Waals surface area contributed by atoms with Crippen LogP contribution in [0.5, 0.6) is 11.5 Å². The van der Waals surface area contributed by atoms with Crippen LogP contribution in [0.15, 0.2) is 53.3 Å². The molecule has 0 aliphatic carbocycles. The van der Waals surface area contributed by atoms with E-state index in [4.69, 9.17) is 9.47 Å². The average molecular weight is 325 g/mol. The Morgan fingerprint density at radius 2 is 1.75 bits per heavy atom. The van der Waals surface area contributed by atoms with Crippen LogP contribution in [0.2, 0.25) is 0 Å². The van der Waals surface area contributed by atoms with Gasteiger partial charge >= 0.3 is 5.69 Å². The van der Waals surface area contributed by atoms with Crippen molar-refractivity contribution in [1.82, 2.24) is 14.8 Å². The van der Waals surface area contributed by atoms with Crippen LogP contribution >= 0.6 is 0 Å². The maximum atomic E-state index is 12.1. The number of H-pyrrole nitrogens is 1. The molecule has 2 aromatic carbocycles. The normalized spacial score (nSPS) is 10.6. The topological polar surface area (TPSA) is 69.1 Å². The highest BCUT2D eigenvalue weighted by molar-refractivity contribution is 5.43. The Morgan fingerprint density at radius 1 is 1.00 bits per heavy atom. The number of rotatable bonds is 6. The first-order chi connectivity index (χ1) is 11.7. The largest absolute Gasteiger partial charge is 0.493 e. The van der Waals surface area contributed by atoms with Crippen molar-refractivity contribution in [2.75, 3.05) is 14.2 Å². The van der Waals surface area contributed by atoms with E-state index in [9.17, 15) is 4.79 Å². The standard InChI is InChI=1S/C18H19N3O3/c1-23-15-9-8-14(10-16(15)24-2)11-17-19-20-18(22)21(17)12-13-6-4-3-5-7-13/h3-10H,11-12H2,1-2H3,(H,20,22). The van der Waals surface area contributed by atoms with Gasteiger partial charge in [0.2, 0.25) is 0 Å². The van der Waals surface area contributed by atoms with Crippen molar-refractivity contribution in [3.05, 3.63) is 76.0 Å². The first kappa shape index (κ1) is 15.9. The Labute approximate surface area is 139 Å². The number of benzene rings is 2. The number of nitrogens with one attached hydrogen (secondary N) is 1. The molecule has 0 saturated carbocycles. The van der Waals surface area contributed by atoms with Gasteiger partial charge in [0.15, 0.2) is 11.5 Å². The Morgan fingerprint density at radius 3 is 2.46 bits per heavy atom. The minimum Gasteiger partial charge on any atom is -0.493 e. The molecule has 124 valence electrons. The molecule has 3 aromatic rings. The molecule has 0 aliphatic rings. The zero-order chi connectivity index (χ0) is 16.9. The van der Waals surface area contributed by atoms with Gasteiger partial charge in [0.1, 0.15) is 5.82 Å². The first-order valence-electron chi connectivity index (χ1n) is 7.60. The minimum absolute atomic E-state index is 0.214. The number of ether oxygens (including phenoxy) is 2. The van der Waals surface area contributed by atoms with Gasteiger partial charge in [-0.15, -0.1) is 0 Å². The molecule has 0 unspecified atom stereocenters. The SMILES string of the molecule is COc1ccc(Cc2n[nH]c(=O)n2Cc2ccccc2)cc1OC. The second-order valence-corrected chi connectivity index (χ2v) is 5.38. The van der Waals surface area contributed by atoms with Crippen LogP contribution in [-0.2, 0) is 13.0 Å². The molecule has 3 rings (SSSR count). The third-order valence-corrected chi connectivity index (χ3v) is 3.83. The van der Waals surface area contributed by atoms with Crippen molar-refractivity contribution >= 4 is 0 Å². The zero-order valence-electron chi connectivity index (χ0n) is 13.7. The van der Waals surface area contributed by atoms with Crippen LogP contribution in [0.25, 0.3) is 0 Å². The van der Waals surface area contributed by atoms with Crippen LogP contribution < -0.4 is 15.2 Å². The molecule has 0 bridgehead atoms. The summed E-state index contributed by atoms with van der Waals surface area (Å²) in [5, 5.41) is 6.69. The number of nitrogens with zero attached hydrogens (tertiary/aromatic N) is 2. The summed E-state index contributed by atoms with van der Waals surface area (Å²) in [6.07, 6.45) is 0.520. The molecule has 0 radical (unpaired) electrons. The predicted octanol–water partition coefficient (Wildman–Crippen LogP) is 2.23.